The molecule has 6 nitrogen and oxygen atoms in total. The molecule has 1 N–H and O–H groups in total. The number of nitrogens with zero attached hydrogens (tertiary/aromatic N) is 3. The molecule has 0 spiro atoms. The van der Waals surface area contributed by atoms with Crippen molar-refractivity contribution in [2.75, 3.05) is 5.32 Å². The molecule has 0 fully saturated rings. The number of rotatable bonds is 6. The lowest BCUT2D eigenvalue weighted by Gasteiger charge is -2.15. The molecule has 4 rings (SSSR count). The van der Waals surface area contributed by atoms with E-state index in [9.17, 15) is 9.59 Å². The normalized spacial score (nSPS) is 12.2. The van der Waals surface area contributed by atoms with Crippen molar-refractivity contribution in [1.82, 2.24) is 14.6 Å². The number of aryl methyl sites for hydroxylation is 1. The van der Waals surface area contributed by atoms with E-state index in [0.29, 0.717) is 22.8 Å². The Kier molecular flexibility index (Phi) is 5.55. The lowest BCUT2D eigenvalue weighted by molar-refractivity contribution is -0.115. The number of ketones is 1. The van der Waals surface area contributed by atoms with E-state index in [1.807, 2.05) is 35.6 Å². The predicted molar refractivity (Wildman–Crippen MR) is 120 cm³/mol. The van der Waals surface area contributed by atoms with Crippen LogP contribution in [0.4, 0.5) is 5.69 Å². The minimum Gasteiger partial charge on any atom is -0.325 e. The monoisotopic (exact) mass is 418 g/mol. The van der Waals surface area contributed by atoms with Crippen LogP contribution >= 0.6 is 11.8 Å². The van der Waals surface area contributed by atoms with Crippen LogP contribution in [0.15, 0.2) is 59.8 Å². The maximum Gasteiger partial charge on any atom is 0.237 e. The van der Waals surface area contributed by atoms with E-state index in [-0.39, 0.29) is 16.9 Å². The van der Waals surface area contributed by atoms with Crippen molar-refractivity contribution >= 4 is 45.7 Å². The van der Waals surface area contributed by atoms with Crippen molar-refractivity contribution in [3.05, 3.63) is 65.7 Å². The molecule has 30 heavy (non-hydrogen) atoms. The van der Waals surface area contributed by atoms with Gasteiger partial charge in [0.1, 0.15) is 0 Å². The summed E-state index contributed by atoms with van der Waals surface area (Å²) in [6.07, 6.45) is 0.627. The number of benzene rings is 2. The second-order valence-corrected chi connectivity index (χ2v) is 8.33. The molecule has 2 heterocycles. The first kappa shape index (κ1) is 20.1. The molecule has 2 aromatic carbocycles. The number of para-hydroxylation sites is 1. The minimum absolute atomic E-state index is 0.0374. The lowest BCUT2D eigenvalue weighted by Crippen LogP contribution is -2.25. The molecule has 1 amide bonds. The van der Waals surface area contributed by atoms with E-state index in [0.717, 1.165) is 22.1 Å². The third kappa shape index (κ3) is 3.80. The summed E-state index contributed by atoms with van der Waals surface area (Å²) in [5.74, 6) is -0.166. The van der Waals surface area contributed by atoms with E-state index < -0.39 is 0 Å². The van der Waals surface area contributed by atoms with Gasteiger partial charge in [-0.15, -0.1) is 10.2 Å². The van der Waals surface area contributed by atoms with Gasteiger partial charge >= 0.3 is 0 Å². The van der Waals surface area contributed by atoms with Gasteiger partial charge in [0.2, 0.25) is 5.91 Å². The molecule has 0 saturated heterocycles. The second-order valence-electron chi connectivity index (χ2n) is 7.16. The van der Waals surface area contributed by atoms with Gasteiger partial charge in [-0.2, -0.15) is 0 Å². The average molecular weight is 419 g/mol. The van der Waals surface area contributed by atoms with Gasteiger partial charge in [-0.3, -0.25) is 14.0 Å². The number of anilines is 1. The topological polar surface area (TPSA) is 76.4 Å². The molecule has 1 atom stereocenters. The maximum atomic E-state index is 12.9. The fourth-order valence-electron chi connectivity index (χ4n) is 3.44. The molecule has 7 heteroatoms. The highest BCUT2D eigenvalue weighted by Gasteiger charge is 2.22. The fourth-order valence-corrected chi connectivity index (χ4v) is 4.41. The summed E-state index contributed by atoms with van der Waals surface area (Å²) in [5, 5.41) is 13.1. The zero-order chi connectivity index (χ0) is 21.3. The van der Waals surface area contributed by atoms with Crippen LogP contribution in [-0.2, 0) is 4.79 Å². The largest absolute Gasteiger partial charge is 0.325 e. The van der Waals surface area contributed by atoms with Gasteiger partial charge in [-0.25, -0.2) is 0 Å². The number of Topliss-reactive ketones (excluding diaryl/α,β-unsaturated/α-hetero) is 1. The predicted octanol–water partition coefficient (Wildman–Crippen LogP) is 4.90. The lowest BCUT2D eigenvalue weighted by atomic mass is 10.1. The van der Waals surface area contributed by atoms with Crippen LogP contribution in [0.1, 0.15) is 36.2 Å². The highest BCUT2D eigenvalue weighted by Crippen LogP contribution is 2.29. The Morgan fingerprint density at radius 2 is 1.90 bits per heavy atom. The van der Waals surface area contributed by atoms with Crippen molar-refractivity contribution in [3.8, 4) is 0 Å². The fraction of sp³-hybridized carbons (Fsp3) is 0.217. The molecular weight excluding hydrogens is 396 g/mol. The molecular formula is C23H22N4O2S. The number of amides is 1. The van der Waals surface area contributed by atoms with Crippen molar-refractivity contribution in [1.29, 1.82) is 0 Å². The number of carbonyl (C=O) groups excluding carboxylic acids is 2. The van der Waals surface area contributed by atoms with Gasteiger partial charge in [0.05, 0.1) is 10.8 Å². The first-order valence-electron chi connectivity index (χ1n) is 9.80. The van der Waals surface area contributed by atoms with Gasteiger partial charge < -0.3 is 5.32 Å². The Morgan fingerprint density at radius 3 is 2.67 bits per heavy atom. The third-order valence-corrected chi connectivity index (χ3v) is 6.33. The highest BCUT2D eigenvalue weighted by atomic mass is 32.2. The molecule has 2 aromatic heterocycles. The molecule has 0 aliphatic heterocycles. The van der Waals surface area contributed by atoms with Crippen LogP contribution in [0.3, 0.4) is 0 Å². The molecule has 0 aliphatic carbocycles. The van der Waals surface area contributed by atoms with Gasteiger partial charge in [0, 0.05) is 16.6 Å². The molecule has 0 bridgehead atoms. The van der Waals surface area contributed by atoms with Crippen LogP contribution < -0.4 is 5.32 Å². The smallest absolute Gasteiger partial charge is 0.237 e. The Balaban J connectivity index is 1.63. The first-order valence-corrected chi connectivity index (χ1v) is 10.7. The molecule has 0 saturated carbocycles. The van der Waals surface area contributed by atoms with Crippen molar-refractivity contribution < 1.29 is 9.59 Å². The molecule has 0 aliphatic rings. The van der Waals surface area contributed by atoms with Crippen LogP contribution in [0.2, 0.25) is 0 Å². The summed E-state index contributed by atoms with van der Waals surface area (Å²) in [6.45, 7) is 5.53. The van der Waals surface area contributed by atoms with E-state index in [1.165, 1.54) is 18.7 Å². The SMILES string of the molecule is CCC(Sc1nnc2cc(C)c3ccccc3n12)C(=O)Nc1cccc(C(C)=O)c1. The van der Waals surface area contributed by atoms with E-state index in [1.54, 1.807) is 24.3 Å². The molecule has 1 unspecified atom stereocenters. The summed E-state index contributed by atoms with van der Waals surface area (Å²) < 4.78 is 2.00. The van der Waals surface area contributed by atoms with Crippen LogP contribution in [-0.4, -0.2) is 31.5 Å². The number of aromatic nitrogens is 3. The minimum atomic E-state index is -0.349. The second kappa shape index (κ2) is 8.28. The van der Waals surface area contributed by atoms with E-state index in [4.69, 9.17) is 0 Å². The van der Waals surface area contributed by atoms with Gasteiger partial charge in [-0.1, -0.05) is 49.0 Å². The Bertz CT molecular complexity index is 1260. The summed E-state index contributed by atoms with van der Waals surface area (Å²) in [7, 11) is 0. The summed E-state index contributed by atoms with van der Waals surface area (Å²) in [5.41, 5.74) is 4.09. The summed E-state index contributed by atoms with van der Waals surface area (Å²) in [4.78, 5) is 24.5. The van der Waals surface area contributed by atoms with Crippen LogP contribution in [0, 0.1) is 6.92 Å². The Labute approximate surface area is 178 Å². The molecule has 152 valence electrons. The standard InChI is InChI=1S/C23H22N4O2S/c1-4-20(22(29)24-17-9-7-8-16(13-17)15(3)28)30-23-26-25-21-12-14(2)18-10-5-6-11-19(18)27(21)23/h5-13,20H,4H2,1-3H3,(H,24,29). The zero-order valence-corrected chi connectivity index (χ0v) is 17.9. The number of hydrogen-bond acceptors (Lipinski definition) is 5. The number of carbonyl (C=O) groups is 2. The Hall–Kier alpha value is -3.19. The van der Waals surface area contributed by atoms with Crippen LogP contribution in [0.25, 0.3) is 16.6 Å². The number of hydrogen-bond donors (Lipinski definition) is 1. The average Bonchev–Trinajstić information content (AvgIpc) is 3.14. The van der Waals surface area contributed by atoms with E-state index in [2.05, 4.69) is 28.5 Å². The van der Waals surface area contributed by atoms with Gasteiger partial charge in [0.15, 0.2) is 16.6 Å². The third-order valence-electron chi connectivity index (χ3n) is 5.02. The van der Waals surface area contributed by atoms with Gasteiger partial charge in [-0.05, 0) is 50.1 Å². The number of nitrogens with one attached hydrogen (secondary N) is 1. The first-order chi connectivity index (χ1) is 14.5. The molecule has 0 radical (unpaired) electrons. The number of thioether (sulfide) groups is 1. The van der Waals surface area contributed by atoms with Crippen molar-refractivity contribution in [2.24, 2.45) is 0 Å². The molecule has 4 aromatic rings. The van der Waals surface area contributed by atoms with Gasteiger partial charge in [0.25, 0.3) is 0 Å². The van der Waals surface area contributed by atoms with E-state index >= 15 is 0 Å². The number of fused-ring (bicyclic) bond motifs is 3. The number of pyridine rings is 1. The van der Waals surface area contributed by atoms with Crippen molar-refractivity contribution in [2.45, 2.75) is 37.6 Å². The summed E-state index contributed by atoms with van der Waals surface area (Å²) >= 11 is 1.39. The zero-order valence-electron chi connectivity index (χ0n) is 17.0. The Morgan fingerprint density at radius 1 is 1.10 bits per heavy atom. The van der Waals surface area contributed by atoms with Crippen molar-refractivity contribution in [3.63, 3.8) is 0 Å². The summed E-state index contributed by atoms with van der Waals surface area (Å²) in [6, 6.07) is 17.1. The quantitative estimate of drug-likeness (QED) is 0.356. The maximum absolute atomic E-state index is 12.9. The van der Waals surface area contributed by atoms with Crippen LogP contribution in [0.5, 0.6) is 0 Å². The highest BCUT2D eigenvalue weighted by molar-refractivity contribution is 8.00.